The van der Waals surface area contributed by atoms with Crippen molar-refractivity contribution in [1.29, 1.82) is 0 Å². The molecule has 0 saturated heterocycles. The monoisotopic (exact) mass is 549 g/mol. The molecule has 1 aromatic heterocycles. The summed E-state index contributed by atoms with van der Waals surface area (Å²) in [6.07, 6.45) is 3.83. The van der Waals surface area contributed by atoms with E-state index < -0.39 is 28.1 Å². The lowest BCUT2D eigenvalue weighted by molar-refractivity contribution is 0.109. The van der Waals surface area contributed by atoms with Crippen molar-refractivity contribution < 1.29 is 0 Å². The normalized spacial score (nSPS) is 14.7. The Morgan fingerprint density at radius 1 is 0.436 bits per heavy atom. The van der Waals surface area contributed by atoms with E-state index in [1.165, 1.54) is 13.7 Å². The van der Waals surface area contributed by atoms with E-state index in [1.807, 2.05) is 27.7 Å². The van der Waals surface area contributed by atoms with E-state index in [0.29, 0.717) is 19.3 Å². The van der Waals surface area contributed by atoms with Gasteiger partial charge in [0.05, 0.1) is 0 Å². The quantitative estimate of drug-likeness (QED) is 0.299. The summed E-state index contributed by atoms with van der Waals surface area (Å²) in [6.45, 7) is 36.6. The van der Waals surface area contributed by atoms with Crippen molar-refractivity contribution in [3.63, 3.8) is 0 Å². The van der Waals surface area contributed by atoms with Crippen LogP contribution in [-0.2, 0) is 17.6 Å². The van der Waals surface area contributed by atoms with Crippen LogP contribution in [-0.4, -0.2) is 13.7 Å². The second-order valence-corrected chi connectivity index (χ2v) is 18.8. The van der Waals surface area contributed by atoms with Crippen LogP contribution in [0.25, 0.3) is 0 Å². The molecule has 1 heterocycles. The third-order valence-corrected chi connectivity index (χ3v) is 7.36. The molecular weight excluding hydrogens is 486 g/mol. The molecule has 0 atom stereocenters. The largest absolute Gasteiger partial charge is 0.337 e. The zero-order valence-corrected chi connectivity index (χ0v) is 28.8. The van der Waals surface area contributed by atoms with Crippen LogP contribution in [0.3, 0.4) is 0 Å². The number of hydrogen-bond donors (Lipinski definition) is 0. The fourth-order valence-corrected chi connectivity index (χ4v) is 7.76. The van der Waals surface area contributed by atoms with Crippen LogP contribution in [0.4, 0.5) is 0 Å². The van der Waals surface area contributed by atoms with E-state index >= 15 is 0 Å². The van der Waals surface area contributed by atoms with Gasteiger partial charge < -0.3 is 0 Å². The Kier molecular flexibility index (Phi) is 10.00. The van der Waals surface area contributed by atoms with E-state index in [-0.39, 0.29) is 33.6 Å². The van der Waals surface area contributed by atoms with Crippen LogP contribution in [0, 0.1) is 27.1 Å². The lowest BCUT2D eigenvalue weighted by Gasteiger charge is -2.41. The van der Waals surface area contributed by atoms with Crippen molar-refractivity contribution >= 4 is 0 Å². The highest BCUT2D eigenvalue weighted by Crippen LogP contribution is 2.42. The van der Waals surface area contributed by atoms with E-state index in [0.717, 1.165) is 12.8 Å². The van der Waals surface area contributed by atoms with Crippen LogP contribution in [0.2, 0.25) is 0 Å². The molecule has 0 spiro atoms. The van der Waals surface area contributed by atoms with Crippen LogP contribution in [0.5, 0.6) is 0 Å². The van der Waals surface area contributed by atoms with E-state index in [2.05, 4.69) is 90.0 Å². The summed E-state index contributed by atoms with van der Waals surface area (Å²) < 4.78 is 4.10. The minimum atomic E-state index is -0.779. The summed E-state index contributed by atoms with van der Waals surface area (Å²) in [5.74, 6) is 0. The summed E-state index contributed by atoms with van der Waals surface area (Å²) in [5.41, 5.74) is -3.12. The molecule has 0 aromatic carbocycles. The van der Waals surface area contributed by atoms with Gasteiger partial charge in [-0.05, 0) is 86.9 Å². The first-order valence-electron chi connectivity index (χ1n) is 14.9. The highest BCUT2D eigenvalue weighted by atomic mass is 16.2. The molecule has 0 saturated carbocycles. The molecule has 0 unspecified atom stereocenters. The van der Waals surface area contributed by atoms with Gasteiger partial charge in [0.15, 0.2) is 0 Å². The number of aromatic nitrogens is 3. The first kappa shape index (κ1) is 35.4. The first-order valence-corrected chi connectivity index (χ1v) is 14.9. The highest BCUT2D eigenvalue weighted by molar-refractivity contribution is 4.96. The van der Waals surface area contributed by atoms with Gasteiger partial charge in [0.2, 0.25) is 0 Å². The average Bonchev–Trinajstić information content (AvgIpc) is 2.52. The smallest absolute Gasteiger partial charge is 0.247 e. The number of rotatable bonds is 10. The van der Waals surface area contributed by atoms with Gasteiger partial charge in [-0.1, -0.05) is 90.0 Å². The molecule has 0 radical (unpaired) electrons. The molecule has 0 N–H and O–H groups in total. The van der Waals surface area contributed by atoms with Crippen molar-refractivity contribution in [3.8, 4) is 0 Å². The Balaban J connectivity index is 3.95. The van der Waals surface area contributed by atoms with E-state index in [1.54, 1.807) is 0 Å². The summed E-state index contributed by atoms with van der Waals surface area (Å²) in [7, 11) is 0. The first-order chi connectivity index (χ1) is 16.9. The maximum absolute atomic E-state index is 14.3. The van der Waals surface area contributed by atoms with E-state index in [9.17, 15) is 14.4 Å². The summed E-state index contributed by atoms with van der Waals surface area (Å²) >= 11 is 0. The Bertz CT molecular complexity index is 1090. The molecule has 0 aliphatic carbocycles. The Morgan fingerprint density at radius 3 is 1.00 bits per heavy atom. The lowest BCUT2D eigenvalue weighted by atomic mass is 9.70. The van der Waals surface area contributed by atoms with Crippen LogP contribution < -0.4 is 17.1 Å². The zero-order valence-electron chi connectivity index (χ0n) is 28.8. The molecule has 39 heavy (non-hydrogen) atoms. The van der Waals surface area contributed by atoms with Crippen LogP contribution in [0.15, 0.2) is 14.4 Å². The molecule has 6 nitrogen and oxygen atoms in total. The van der Waals surface area contributed by atoms with Crippen molar-refractivity contribution in [3.05, 3.63) is 31.5 Å². The molecule has 0 aliphatic heterocycles. The molecule has 1 rings (SSSR count). The Morgan fingerprint density at radius 2 is 0.744 bits per heavy atom. The third-order valence-electron chi connectivity index (χ3n) is 7.36. The average molecular weight is 550 g/mol. The predicted molar refractivity (Wildman–Crippen MR) is 167 cm³/mol. The van der Waals surface area contributed by atoms with Crippen molar-refractivity contribution in [1.82, 2.24) is 13.7 Å². The summed E-state index contributed by atoms with van der Waals surface area (Å²) in [4.78, 5) is 42.3. The third kappa shape index (κ3) is 10.4. The van der Waals surface area contributed by atoms with Gasteiger partial charge in [-0.25, -0.2) is 28.1 Å². The molecule has 228 valence electrons. The van der Waals surface area contributed by atoms with Gasteiger partial charge in [0.25, 0.3) is 0 Å². The predicted octanol–water partition coefficient (Wildman–Crippen LogP) is 7.78. The molecule has 0 fully saturated rings. The SMILES string of the molecule is CC(C)(C)CCn1c(=O)n(C(C)(C)CC(C)(C)CC(C)(C)C)c(=O)n(C(C)(C)CC(C)(C)CC(C)(C)C)c1=O. The van der Waals surface area contributed by atoms with Gasteiger partial charge in [-0.2, -0.15) is 0 Å². The highest BCUT2D eigenvalue weighted by Gasteiger charge is 2.40. The van der Waals surface area contributed by atoms with Gasteiger partial charge in [-0.3, -0.25) is 0 Å². The van der Waals surface area contributed by atoms with Crippen LogP contribution in [0.1, 0.15) is 150 Å². The number of nitrogens with zero attached hydrogens (tertiary/aromatic N) is 3. The van der Waals surface area contributed by atoms with Crippen molar-refractivity contribution in [2.24, 2.45) is 27.1 Å². The maximum Gasteiger partial charge on any atom is 0.337 e. The number of hydrogen-bond acceptors (Lipinski definition) is 3. The van der Waals surface area contributed by atoms with Gasteiger partial charge >= 0.3 is 17.1 Å². The van der Waals surface area contributed by atoms with Crippen LogP contribution >= 0.6 is 0 Å². The molecule has 0 aliphatic rings. The summed E-state index contributed by atoms with van der Waals surface area (Å²) in [6, 6.07) is 0. The standard InChI is InChI=1S/C33H63N3O3/c1-27(2,3)18-19-34-24(37)35(32(14,15)22-30(10,11)20-28(4,5)6)26(39)36(25(34)38)33(16,17)23-31(12,13)21-29(7,8)9/h18-23H2,1-17H3. The second-order valence-electron chi connectivity index (χ2n) is 18.8. The van der Waals surface area contributed by atoms with Crippen molar-refractivity contribution in [2.75, 3.05) is 0 Å². The van der Waals surface area contributed by atoms with E-state index in [4.69, 9.17) is 0 Å². The maximum atomic E-state index is 14.3. The minimum Gasteiger partial charge on any atom is -0.247 e. The molecular formula is C33H63N3O3. The summed E-state index contributed by atoms with van der Waals surface area (Å²) in [5, 5.41) is 0. The molecule has 6 heteroatoms. The lowest BCUT2D eigenvalue weighted by Crippen LogP contribution is -2.63. The molecule has 0 amide bonds. The zero-order chi connectivity index (χ0) is 31.2. The topological polar surface area (TPSA) is 66.0 Å². The second kappa shape index (κ2) is 11.0. The van der Waals surface area contributed by atoms with Gasteiger partial charge in [0, 0.05) is 17.6 Å². The fraction of sp³-hybridized carbons (Fsp3) is 0.909. The Labute approximate surface area is 239 Å². The molecule has 1 aromatic rings. The fourth-order valence-electron chi connectivity index (χ4n) is 7.76. The molecule has 0 bridgehead atoms. The Hall–Kier alpha value is -1.59. The van der Waals surface area contributed by atoms with Crippen molar-refractivity contribution in [2.45, 2.75) is 167 Å². The van der Waals surface area contributed by atoms with Gasteiger partial charge in [0.1, 0.15) is 0 Å². The van der Waals surface area contributed by atoms with Gasteiger partial charge in [-0.15, -0.1) is 0 Å². The minimum absolute atomic E-state index is 0.0634.